The summed E-state index contributed by atoms with van der Waals surface area (Å²) in [6, 6.07) is 11.7. The third kappa shape index (κ3) is 3.55. The molecule has 0 saturated carbocycles. The van der Waals surface area contributed by atoms with Crippen molar-refractivity contribution in [2.75, 3.05) is 13.1 Å². The zero-order valence-corrected chi connectivity index (χ0v) is 14.1. The van der Waals surface area contributed by atoms with Gasteiger partial charge in [-0.1, -0.05) is 12.1 Å². The second kappa shape index (κ2) is 7.05. The first-order valence-electron chi connectivity index (χ1n) is 8.82. The Morgan fingerprint density at radius 2 is 2.04 bits per heavy atom. The Kier molecular flexibility index (Phi) is 4.46. The highest BCUT2D eigenvalue weighted by atomic mass is 16.3. The second-order valence-corrected chi connectivity index (χ2v) is 6.55. The Labute approximate surface area is 146 Å². The van der Waals surface area contributed by atoms with Gasteiger partial charge in [-0.25, -0.2) is 4.98 Å². The first-order valence-corrected chi connectivity index (χ1v) is 8.82. The summed E-state index contributed by atoms with van der Waals surface area (Å²) in [6.45, 7) is 1.52. The average Bonchev–Trinajstić information content (AvgIpc) is 3.11. The van der Waals surface area contributed by atoms with Crippen LogP contribution in [-0.2, 0) is 11.2 Å². The lowest BCUT2D eigenvalue weighted by Crippen LogP contribution is -2.39. The van der Waals surface area contributed by atoms with E-state index < -0.39 is 0 Å². The van der Waals surface area contributed by atoms with E-state index in [1.54, 1.807) is 12.4 Å². The number of carbonyl (C=O) groups excluding carboxylic acids is 1. The fourth-order valence-corrected chi connectivity index (χ4v) is 3.43. The molecule has 0 aliphatic carbocycles. The molecule has 1 aromatic carbocycles. The van der Waals surface area contributed by atoms with E-state index in [0.717, 1.165) is 48.4 Å². The van der Waals surface area contributed by atoms with Gasteiger partial charge in [0.2, 0.25) is 5.91 Å². The molecule has 2 aromatic heterocycles. The Balaban J connectivity index is 1.41. The standard InChI is InChI=1S/C20H21N3O2/c24-19(8-7-15-9-11-21-12-10-15)23-13-3-4-16(14-23)20-22-17-5-1-2-6-18(17)25-20/h1-2,5-6,9-12,16H,3-4,7-8,13-14H2/t16-/m1/s1. The highest BCUT2D eigenvalue weighted by molar-refractivity contribution is 5.76. The van der Waals surface area contributed by atoms with Crippen LogP contribution in [-0.4, -0.2) is 33.9 Å². The number of likely N-dealkylation sites (tertiary alicyclic amines) is 1. The SMILES string of the molecule is O=C(CCc1ccncc1)N1CCC[C@@H](c2nc3ccccc3o2)C1. The van der Waals surface area contributed by atoms with Gasteiger partial charge in [0.15, 0.2) is 11.5 Å². The van der Waals surface area contributed by atoms with Crippen molar-refractivity contribution in [3.8, 4) is 0 Å². The van der Waals surface area contributed by atoms with Crippen LogP contribution in [0.1, 0.15) is 36.6 Å². The maximum atomic E-state index is 12.6. The summed E-state index contributed by atoms with van der Waals surface area (Å²) >= 11 is 0. The molecule has 4 rings (SSSR count). The van der Waals surface area contributed by atoms with Crippen LogP contribution >= 0.6 is 0 Å². The van der Waals surface area contributed by atoms with Crippen molar-refractivity contribution in [3.05, 3.63) is 60.2 Å². The molecule has 5 nitrogen and oxygen atoms in total. The van der Waals surface area contributed by atoms with Crippen LogP contribution in [0.4, 0.5) is 0 Å². The molecule has 0 unspecified atom stereocenters. The van der Waals surface area contributed by atoms with Crippen molar-refractivity contribution in [3.63, 3.8) is 0 Å². The van der Waals surface area contributed by atoms with Gasteiger partial charge >= 0.3 is 0 Å². The number of aromatic nitrogens is 2. The van der Waals surface area contributed by atoms with E-state index >= 15 is 0 Å². The minimum Gasteiger partial charge on any atom is -0.440 e. The van der Waals surface area contributed by atoms with Gasteiger partial charge < -0.3 is 9.32 Å². The number of hydrogen-bond donors (Lipinski definition) is 0. The number of amides is 1. The number of piperidine rings is 1. The molecule has 1 amide bonds. The number of benzene rings is 1. The van der Waals surface area contributed by atoms with Gasteiger partial charge in [-0.2, -0.15) is 0 Å². The maximum Gasteiger partial charge on any atom is 0.222 e. The van der Waals surface area contributed by atoms with Crippen LogP contribution in [0.25, 0.3) is 11.1 Å². The molecule has 1 aliphatic rings. The summed E-state index contributed by atoms with van der Waals surface area (Å²) < 4.78 is 5.91. The molecule has 0 spiro atoms. The van der Waals surface area contributed by atoms with Gasteiger partial charge in [0.05, 0.1) is 5.92 Å². The fourth-order valence-electron chi connectivity index (χ4n) is 3.43. The summed E-state index contributed by atoms with van der Waals surface area (Å²) in [7, 11) is 0. The average molecular weight is 335 g/mol. The smallest absolute Gasteiger partial charge is 0.222 e. The summed E-state index contributed by atoms with van der Waals surface area (Å²) in [5.41, 5.74) is 2.85. The molecule has 128 valence electrons. The Hall–Kier alpha value is -2.69. The molecule has 0 bridgehead atoms. The number of nitrogens with zero attached hydrogens (tertiary/aromatic N) is 3. The number of rotatable bonds is 4. The van der Waals surface area contributed by atoms with E-state index in [1.807, 2.05) is 41.3 Å². The van der Waals surface area contributed by atoms with Crippen LogP contribution in [0.15, 0.2) is 53.2 Å². The number of fused-ring (bicyclic) bond motifs is 1. The lowest BCUT2D eigenvalue weighted by molar-refractivity contribution is -0.132. The van der Waals surface area contributed by atoms with Crippen LogP contribution < -0.4 is 0 Å². The van der Waals surface area contributed by atoms with E-state index in [1.165, 1.54) is 0 Å². The number of para-hydroxylation sites is 2. The summed E-state index contributed by atoms with van der Waals surface area (Å²) in [5, 5.41) is 0. The molecule has 25 heavy (non-hydrogen) atoms. The number of aryl methyl sites for hydroxylation is 1. The second-order valence-electron chi connectivity index (χ2n) is 6.55. The molecule has 0 radical (unpaired) electrons. The van der Waals surface area contributed by atoms with E-state index in [4.69, 9.17) is 4.42 Å². The highest BCUT2D eigenvalue weighted by Gasteiger charge is 2.27. The predicted octanol–water partition coefficient (Wildman–Crippen LogP) is 3.56. The molecule has 3 heterocycles. The maximum absolute atomic E-state index is 12.6. The predicted molar refractivity (Wildman–Crippen MR) is 95.1 cm³/mol. The lowest BCUT2D eigenvalue weighted by Gasteiger charge is -2.31. The third-order valence-corrected chi connectivity index (χ3v) is 4.81. The van der Waals surface area contributed by atoms with Crippen molar-refractivity contribution in [2.24, 2.45) is 0 Å². The molecule has 5 heteroatoms. The van der Waals surface area contributed by atoms with Crippen LogP contribution in [0.5, 0.6) is 0 Å². The Morgan fingerprint density at radius 1 is 1.20 bits per heavy atom. The lowest BCUT2D eigenvalue weighted by atomic mass is 9.97. The molecule has 0 N–H and O–H groups in total. The van der Waals surface area contributed by atoms with Crippen molar-refractivity contribution in [2.45, 2.75) is 31.6 Å². The van der Waals surface area contributed by atoms with Gasteiger partial charge in [-0.15, -0.1) is 0 Å². The first kappa shape index (κ1) is 15.8. The third-order valence-electron chi connectivity index (χ3n) is 4.81. The van der Waals surface area contributed by atoms with Gasteiger partial charge in [-0.05, 0) is 49.1 Å². The summed E-state index contributed by atoms with van der Waals surface area (Å²) in [5.74, 6) is 1.15. The van der Waals surface area contributed by atoms with Gasteiger partial charge in [-0.3, -0.25) is 9.78 Å². The van der Waals surface area contributed by atoms with E-state index in [9.17, 15) is 4.79 Å². The van der Waals surface area contributed by atoms with Crippen molar-refractivity contribution in [1.29, 1.82) is 0 Å². The van der Waals surface area contributed by atoms with Gasteiger partial charge in [0.1, 0.15) is 5.52 Å². The van der Waals surface area contributed by atoms with Crippen LogP contribution in [0.3, 0.4) is 0 Å². The van der Waals surface area contributed by atoms with Crippen molar-refractivity contribution in [1.82, 2.24) is 14.9 Å². The monoisotopic (exact) mass is 335 g/mol. The number of oxazole rings is 1. The Bertz CT molecular complexity index is 827. The van der Waals surface area contributed by atoms with Crippen molar-refractivity contribution < 1.29 is 9.21 Å². The van der Waals surface area contributed by atoms with E-state index in [0.29, 0.717) is 13.0 Å². The quantitative estimate of drug-likeness (QED) is 0.731. The first-order chi connectivity index (χ1) is 12.3. The Morgan fingerprint density at radius 3 is 2.88 bits per heavy atom. The van der Waals surface area contributed by atoms with Gasteiger partial charge in [0, 0.05) is 31.9 Å². The van der Waals surface area contributed by atoms with Crippen molar-refractivity contribution >= 4 is 17.0 Å². The molecule has 3 aromatic rings. The zero-order chi connectivity index (χ0) is 17.1. The molecule has 1 saturated heterocycles. The van der Waals surface area contributed by atoms with Crippen LogP contribution in [0.2, 0.25) is 0 Å². The summed E-state index contributed by atoms with van der Waals surface area (Å²) in [6.07, 6.45) is 6.83. The van der Waals surface area contributed by atoms with E-state index in [-0.39, 0.29) is 11.8 Å². The fraction of sp³-hybridized carbons (Fsp3) is 0.350. The topological polar surface area (TPSA) is 59.2 Å². The minimum atomic E-state index is 0.186. The molecule has 1 aliphatic heterocycles. The molecular formula is C20H21N3O2. The summed E-state index contributed by atoms with van der Waals surface area (Å²) in [4.78, 5) is 23.2. The molecular weight excluding hydrogens is 314 g/mol. The van der Waals surface area contributed by atoms with Crippen LogP contribution in [0, 0.1) is 0 Å². The number of pyridine rings is 1. The van der Waals surface area contributed by atoms with Gasteiger partial charge in [0.25, 0.3) is 0 Å². The normalized spacial score (nSPS) is 17.8. The largest absolute Gasteiger partial charge is 0.440 e. The van der Waals surface area contributed by atoms with E-state index in [2.05, 4.69) is 9.97 Å². The number of carbonyl (C=O) groups is 1. The molecule has 1 fully saturated rings. The zero-order valence-electron chi connectivity index (χ0n) is 14.1. The molecule has 1 atom stereocenters. The minimum absolute atomic E-state index is 0.186. The highest BCUT2D eigenvalue weighted by Crippen LogP contribution is 2.29. The number of hydrogen-bond acceptors (Lipinski definition) is 4.